The van der Waals surface area contributed by atoms with E-state index in [9.17, 15) is 4.79 Å². The molecule has 1 unspecified atom stereocenters. The van der Waals surface area contributed by atoms with Crippen LogP contribution >= 0.6 is 11.8 Å². The summed E-state index contributed by atoms with van der Waals surface area (Å²) in [6.07, 6.45) is 2.03. The molecule has 0 saturated carbocycles. The Bertz CT molecular complexity index is 944. The largest absolute Gasteiger partial charge is 0.310 e. The highest BCUT2D eigenvalue weighted by Crippen LogP contribution is 2.44. The van der Waals surface area contributed by atoms with Crippen LogP contribution in [-0.4, -0.2) is 31.2 Å². The van der Waals surface area contributed by atoms with Crippen molar-refractivity contribution in [2.45, 2.75) is 19.1 Å². The molecule has 3 aromatic rings. The van der Waals surface area contributed by atoms with E-state index in [4.69, 9.17) is 5.10 Å². The standard InChI is InChI=1S/C18H19N5OS/c1-11-14(9-22(3)20-11)17-16-12(2)21-23(13-7-5-4-6-8-13)18(16)19-15(24)10-25-17/h4-9,17H,10H2,1-3H3,(H,19,24). The van der Waals surface area contributed by atoms with Gasteiger partial charge in [-0.25, -0.2) is 4.68 Å². The molecule has 0 bridgehead atoms. The highest BCUT2D eigenvalue weighted by atomic mass is 32.2. The van der Waals surface area contributed by atoms with Crippen molar-refractivity contribution in [2.24, 2.45) is 7.05 Å². The van der Waals surface area contributed by atoms with E-state index >= 15 is 0 Å². The van der Waals surface area contributed by atoms with E-state index in [0.29, 0.717) is 5.75 Å². The molecule has 25 heavy (non-hydrogen) atoms. The number of aryl methyl sites for hydroxylation is 3. The fraction of sp³-hybridized carbons (Fsp3) is 0.278. The van der Waals surface area contributed by atoms with Crippen LogP contribution in [0.4, 0.5) is 5.82 Å². The zero-order chi connectivity index (χ0) is 17.6. The molecule has 0 saturated heterocycles. The van der Waals surface area contributed by atoms with Crippen molar-refractivity contribution < 1.29 is 4.79 Å². The van der Waals surface area contributed by atoms with Crippen molar-refractivity contribution in [3.05, 3.63) is 59.0 Å². The SMILES string of the molecule is Cc1nn(C)cc1C1SCC(=O)Nc2c1c(C)nn2-c1ccccc1. The zero-order valence-electron chi connectivity index (χ0n) is 14.4. The lowest BCUT2D eigenvalue weighted by molar-refractivity contribution is -0.113. The average molecular weight is 353 g/mol. The van der Waals surface area contributed by atoms with Crippen molar-refractivity contribution in [2.75, 3.05) is 11.1 Å². The van der Waals surface area contributed by atoms with Gasteiger partial charge in [0.05, 0.1) is 28.1 Å². The fourth-order valence-electron chi connectivity index (χ4n) is 3.26. The predicted molar refractivity (Wildman–Crippen MR) is 99.2 cm³/mol. The predicted octanol–water partition coefficient (Wildman–Crippen LogP) is 3.00. The van der Waals surface area contributed by atoms with Crippen LogP contribution in [0.3, 0.4) is 0 Å². The lowest BCUT2D eigenvalue weighted by Crippen LogP contribution is -2.15. The zero-order valence-corrected chi connectivity index (χ0v) is 15.2. The van der Waals surface area contributed by atoms with Gasteiger partial charge in [0.2, 0.25) is 5.91 Å². The fourth-order valence-corrected chi connectivity index (χ4v) is 4.51. The first kappa shape index (κ1) is 16.0. The molecule has 1 N–H and O–H groups in total. The molecule has 1 atom stereocenters. The molecule has 6 nitrogen and oxygen atoms in total. The van der Waals surface area contributed by atoms with Gasteiger partial charge in [-0.2, -0.15) is 10.2 Å². The van der Waals surface area contributed by atoms with Crippen LogP contribution in [0.15, 0.2) is 36.5 Å². The van der Waals surface area contributed by atoms with Crippen molar-refractivity contribution in [3.63, 3.8) is 0 Å². The van der Waals surface area contributed by atoms with Gasteiger partial charge in [-0.1, -0.05) is 18.2 Å². The quantitative estimate of drug-likeness (QED) is 0.769. The van der Waals surface area contributed by atoms with E-state index in [1.54, 1.807) is 11.8 Å². The van der Waals surface area contributed by atoms with E-state index in [0.717, 1.165) is 34.0 Å². The lowest BCUT2D eigenvalue weighted by Gasteiger charge is -2.14. The second-order valence-corrected chi connectivity index (χ2v) is 7.27. The summed E-state index contributed by atoms with van der Waals surface area (Å²) in [5.74, 6) is 1.15. The van der Waals surface area contributed by atoms with Gasteiger partial charge in [0.1, 0.15) is 5.82 Å². The Kier molecular flexibility index (Phi) is 3.88. The Morgan fingerprint density at radius 1 is 1.16 bits per heavy atom. The summed E-state index contributed by atoms with van der Waals surface area (Å²) in [6, 6.07) is 9.88. The highest BCUT2D eigenvalue weighted by molar-refractivity contribution is 8.00. The van der Waals surface area contributed by atoms with Crippen LogP contribution in [0.25, 0.3) is 5.69 Å². The molecule has 2 aromatic heterocycles. The maximum atomic E-state index is 12.3. The minimum absolute atomic E-state index is 0.00706. The number of para-hydroxylation sites is 1. The number of amides is 1. The van der Waals surface area contributed by atoms with Crippen LogP contribution in [-0.2, 0) is 11.8 Å². The summed E-state index contributed by atoms with van der Waals surface area (Å²) in [5, 5.41) is 12.3. The first-order valence-corrected chi connectivity index (χ1v) is 9.16. The second kappa shape index (κ2) is 6.07. The maximum absolute atomic E-state index is 12.3. The molecule has 1 aromatic carbocycles. The number of hydrogen-bond acceptors (Lipinski definition) is 4. The number of fused-ring (bicyclic) bond motifs is 1. The normalized spacial score (nSPS) is 17.1. The molecule has 0 spiro atoms. The first-order valence-electron chi connectivity index (χ1n) is 8.11. The number of aromatic nitrogens is 4. The Balaban J connectivity index is 1.92. The van der Waals surface area contributed by atoms with Crippen LogP contribution in [0.2, 0.25) is 0 Å². The first-order chi connectivity index (χ1) is 12.0. The van der Waals surface area contributed by atoms with Gasteiger partial charge in [0.25, 0.3) is 0 Å². The van der Waals surface area contributed by atoms with Crippen LogP contribution in [0.5, 0.6) is 0 Å². The summed E-state index contributed by atoms with van der Waals surface area (Å²) in [7, 11) is 1.92. The number of hydrogen-bond donors (Lipinski definition) is 1. The molecule has 7 heteroatoms. The topological polar surface area (TPSA) is 64.7 Å². The summed E-state index contributed by atoms with van der Waals surface area (Å²) in [4.78, 5) is 12.3. The smallest absolute Gasteiger partial charge is 0.235 e. The molecule has 3 heterocycles. The number of rotatable bonds is 2. The Morgan fingerprint density at radius 3 is 2.60 bits per heavy atom. The average Bonchev–Trinajstić information content (AvgIpc) is 3.02. The second-order valence-electron chi connectivity index (χ2n) is 6.18. The van der Waals surface area contributed by atoms with E-state index < -0.39 is 0 Å². The monoisotopic (exact) mass is 353 g/mol. The molecule has 1 aliphatic heterocycles. The van der Waals surface area contributed by atoms with E-state index in [-0.39, 0.29) is 11.2 Å². The lowest BCUT2D eigenvalue weighted by atomic mass is 10.1. The number of carbonyl (C=O) groups is 1. The Hall–Kier alpha value is -2.54. The molecule has 1 amide bonds. The summed E-state index contributed by atoms with van der Waals surface area (Å²) in [5.41, 5.74) is 5.01. The van der Waals surface area contributed by atoms with Crippen LogP contribution in [0, 0.1) is 13.8 Å². The van der Waals surface area contributed by atoms with Gasteiger partial charge in [0, 0.05) is 24.4 Å². The van der Waals surface area contributed by atoms with Gasteiger partial charge >= 0.3 is 0 Å². The molecule has 4 rings (SSSR count). The number of thioether (sulfide) groups is 1. The molecular weight excluding hydrogens is 334 g/mol. The van der Waals surface area contributed by atoms with Crippen molar-refractivity contribution in [1.82, 2.24) is 19.6 Å². The number of benzene rings is 1. The molecular formula is C18H19N5OS. The van der Waals surface area contributed by atoms with E-state index in [2.05, 4.69) is 10.4 Å². The van der Waals surface area contributed by atoms with Gasteiger partial charge in [-0.3, -0.25) is 9.48 Å². The number of nitrogens with one attached hydrogen (secondary N) is 1. The van der Waals surface area contributed by atoms with E-state index in [1.165, 1.54) is 0 Å². The summed E-state index contributed by atoms with van der Waals surface area (Å²) < 4.78 is 3.65. The minimum Gasteiger partial charge on any atom is -0.310 e. The van der Waals surface area contributed by atoms with Crippen LogP contribution < -0.4 is 5.32 Å². The molecule has 128 valence electrons. The third kappa shape index (κ3) is 2.74. The van der Waals surface area contributed by atoms with Gasteiger partial charge in [-0.15, -0.1) is 11.8 Å². The minimum atomic E-state index is -0.00706. The number of nitrogens with zero attached hydrogens (tertiary/aromatic N) is 4. The van der Waals surface area contributed by atoms with Gasteiger partial charge < -0.3 is 5.32 Å². The molecule has 0 fully saturated rings. The molecule has 1 aliphatic rings. The highest BCUT2D eigenvalue weighted by Gasteiger charge is 2.32. The Labute approximate surface area is 150 Å². The van der Waals surface area contributed by atoms with Crippen LogP contribution in [0.1, 0.15) is 27.8 Å². The van der Waals surface area contributed by atoms with Crippen molar-refractivity contribution in [1.29, 1.82) is 0 Å². The third-order valence-electron chi connectivity index (χ3n) is 4.34. The molecule has 0 radical (unpaired) electrons. The number of carbonyl (C=O) groups excluding carboxylic acids is 1. The summed E-state index contributed by atoms with van der Waals surface area (Å²) in [6.45, 7) is 4.00. The van der Waals surface area contributed by atoms with Gasteiger partial charge in [-0.05, 0) is 26.0 Å². The Morgan fingerprint density at radius 2 is 1.92 bits per heavy atom. The van der Waals surface area contributed by atoms with Gasteiger partial charge in [0.15, 0.2) is 0 Å². The molecule has 0 aliphatic carbocycles. The van der Waals surface area contributed by atoms with E-state index in [1.807, 2.05) is 66.8 Å². The summed E-state index contributed by atoms with van der Waals surface area (Å²) >= 11 is 1.62. The number of anilines is 1. The van der Waals surface area contributed by atoms with Crippen molar-refractivity contribution >= 4 is 23.5 Å². The van der Waals surface area contributed by atoms with Crippen molar-refractivity contribution in [3.8, 4) is 5.69 Å². The maximum Gasteiger partial charge on any atom is 0.235 e. The third-order valence-corrected chi connectivity index (χ3v) is 5.59.